The van der Waals surface area contributed by atoms with Crippen LogP contribution in [-0.2, 0) is 16.6 Å². The lowest BCUT2D eigenvalue weighted by Crippen LogP contribution is -1.96. The summed E-state index contributed by atoms with van der Waals surface area (Å²) < 4.78 is 14.5. The highest BCUT2D eigenvalue weighted by Crippen LogP contribution is 2.15. The largest absolute Gasteiger partial charge is 0.254 e. The van der Waals surface area contributed by atoms with Crippen LogP contribution in [0.15, 0.2) is 53.4 Å². The molecule has 0 saturated carbocycles. The van der Waals surface area contributed by atoms with Crippen molar-refractivity contribution in [2.24, 2.45) is 0 Å². The Morgan fingerprint density at radius 1 is 0.824 bits per heavy atom. The first-order valence-corrected chi connectivity index (χ1v) is 8.51. The van der Waals surface area contributed by atoms with E-state index in [0.717, 1.165) is 14.0 Å². The topological polar surface area (TPSA) is 17.1 Å². The molecule has 0 fully saturated rings. The summed E-state index contributed by atoms with van der Waals surface area (Å²) in [6, 6.07) is 16.0. The summed E-state index contributed by atoms with van der Waals surface area (Å²) in [4.78, 5) is 0.893. The molecule has 0 aliphatic carbocycles. The van der Waals surface area contributed by atoms with Gasteiger partial charge >= 0.3 is 0 Å². The van der Waals surface area contributed by atoms with E-state index >= 15 is 0 Å². The van der Waals surface area contributed by atoms with E-state index < -0.39 is 10.8 Å². The highest BCUT2D eigenvalue weighted by Gasteiger charge is 2.04. The molecule has 0 N–H and O–H groups in total. The maximum Gasteiger partial charge on any atom is 0.0574 e. The normalized spacial score (nSPS) is 12.4. The second kappa shape index (κ2) is 6.29. The fourth-order valence-electron chi connectivity index (χ4n) is 1.40. The molecule has 0 aliphatic rings. The minimum absolute atomic E-state index is 0.581. The molecule has 1 nitrogen and oxygen atoms in total. The van der Waals surface area contributed by atoms with Crippen molar-refractivity contribution in [1.29, 1.82) is 0 Å². The Bertz CT molecular complexity index is 520. The summed E-state index contributed by atoms with van der Waals surface area (Å²) >= 11 is 4.52. The van der Waals surface area contributed by atoms with Crippen LogP contribution in [0, 0.1) is 7.14 Å². The van der Waals surface area contributed by atoms with Crippen LogP contribution in [0.3, 0.4) is 0 Å². The van der Waals surface area contributed by atoms with Crippen molar-refractivity contribution >= 4 is 56.0 Å². The van der Waals surface area contributed by atoms with Gasteiger partial charge in [-0.1, -0.05) is 12.1 Å². The summed E-state index contributed by atoms with van der Waals surface area (Å²) in [5.41, 5.74) is 1.11. The van der Waals surface area contributed by atoms with Crippen LogP contribution < -0.4 is 0 Å². The van der Waals surface area contributed by atoms with E-state index in [0.29, 0.717) is 5.75 Å². The highest BCUT2D eigenvalue weighted by molar-refractivity contribution is 14.1. The highest BCUT2D eigenvalue weighted by atomic mass is 127. The van der Waals surface area contributed by atoms with Crippen molar-refractivity contribution in [1.82, 2.24) is 0 Å². The van der Waals surface area contributed by atoms with Crippen LogP contribution in [0.5, 0.6) is 0 Å². The van der Waals surface area contributed by atoms with Crippen LogP contribution in [0.2, 0.25) is 0 Å². The average molecular weight is 468 g/mol. The molecule has 88 valence electrons. The maximum atomic E-state index is 12.1. The lowest BCUT2D eigenvalue weighted by molar-refractivity contribution is 0.682. The number of halogens is 2. The summed E-state index contributed by atoms with van der Waals surface area (Å²) in [7, 11) is -0.955. The van der Waals surface area contributed by atoms with Crippen molar-refractivity contribution in [3.05, 3.63) is 61.2 Å². The van der Waals surface area contributed by atoms with Gasteiger partial charge in [0.05, 0.1) is 16.6 Å². The van der Waals surface area contributed by atoms with Crippen molar-refractivity contribution in [2.45, 2.75) is 10.6 Å². The molecule has 0 radical (unpaired) electrons. The van der Waals surface area contributed by atoms with Crippen LogP contribution in [0.1, 0.15) is 5.56 Å². The third-order valence-corrected chi connectivity index (χ3v) is 5.12. The van der Waals surface area contributed by atoms with Crippen LogP contribution >= 0.6 is 45.2 Å². The third-order valence-electron chi connectivity index (χ3n) is 2.29. The molecule has 0 spiro atoms. The number of benzene rings is 2. The fraction of sp³-hybridized carbons (Fsp3) is 0.0769. The Morgan fingerprint density at radius 2 is 1.29 bits per heavy atom. The monoisotopic (exact) mass is 468 g/mol. The van der Waals surface area contributed by atoms with Crippen molar-refractivity contribution in [3.63, 3.8) is 0 Å². The lowest BCUT2D eigenvalue weighted by Gasteiger charge is -2.03. The van der Waals surface area contributed by atoms with Gasteiger partial charge in [0, 0.05) is 12.0 Å². The zero-order valence-corrected chi connectivity index (χ0v) is 14.0. The van der Waals surface area contributed by atoms with Gasteiger partial charge in [-0.25, -0.2) is 0 Å². The van der Waals surface area contributed by atoms with E-state index in [1.807, 2.05) is 48.5 Å². The molecule has 0 amide bonds. The van der Waals surface area contributed by atoms with E-state index in [1.165, 1.54) is 3.57 Å². The molecule has 2 aromatic rings. The number of hydrogen-bond acceptors (Lipinski definition) is 1. The van der Waals surface area contributed by atoms with Gasteiger partial charge in [0.15, 0.2) is 0 Å². The first-order valence-electron chi connectivity index (χ1n) is 5.03. The first-order chi connectivity index (χ1) is 8.15. The van der Waals surface area contributed by atoms with E-state index in [1.54, 1.807) is 0 Å². The summed E-state index contributed by atoms with van der Waals surface area (Å²) in [5.74, 6) is 0.581. The Labute approximate surface area is 131 Å². The number of rotatable bonds is 3. The standard InChI is InChI=1S/C13H10I2OS/c14-11-3-1-10(2-4-11)9-17(16)13-7-5-12(15)6-8-13/h1-8H,9H2. The van der Waals surface area contributed by atoms with Gasteiger partial charge in [-0.05, 0) is 87.1 Å². The summed E-state index contributed by atoms with van der Waals surface area (Å²) in [6.07, 6.45) is 0. The van der Waals surface area contributed by atoms with Crippen molar-refractivity contribution in [3.8, 4) is 0 Å². The molecule has 0 saturated heterocycles. The van der Waals surface area contributed by atoms with Gasteiger partial charge in [0.25, 0.3) is 0 Å². The van der Waals surface area contributed by atoms with Gasteiger partial charge in [-0.3, -0.25) is 4.21 Å². The minimum Gasteiger partial charge on any atom is -0.254 e. The molecule has 1 atom stereocenters. The molecule has 0 heterocycles. The van der Waals surface area contributed by atoms with E-state index in [4.69, 9.17) is 0 Å². The fourth-order valence-corrected chi connectivity index (χ4v) is 3.22. The molecule has 0 bridgehead atoms. The zero-order valence-electron chi connectivity index (χ0n) is 8.90. The molecule has 2 rings (SSSR count). The smallest absolute Gasteiger partial charge is 0.0574 e. The molecule has 2 aromatic carbocycles. The Balaban J connectivity index is 2.11. The Kier molecular flexibility index (Phi) is 4.98. The Morgan fingerprint density at radius 3 is 1.82 bits per heavy atom. The summed E-state index contributed by atoms with van der Waals surface area (Å²) in [5, 5.41) is 0. The molecule has 0 aliphatic heterocycles. The van der Waals surface area contributed by atoms with Crippen LogP contribution in [-0.4, -0.2) is 4.21 Å². The predicted octanol–water partition coefficient (Wildman–Crippen LogP) is 4.20. The third kappa shape index (κ3) is 4.03. The number of hydrogen-bond donors (Lipinski definition) is 0. The van der Waals surface area contributed by atoms with Gasteiger partial charge in [-0.2, -0.15) is 0 Å². The summed E-state index contributed by atoms with van der Waals surface area (Å²) in [6.45, 7) is 0. The molecular formula is C13H10I2OS. The molecule has 4 heteroatoms. The van der Waals surface area contributed by atoms with Crippen molar-refractivity contribution < 1.29 is 4.21 Å². The molecule has 1 unspecified atom stereocenters. The Hall–Kier alpha value is 0.0500. The lowest BCUT2D eigenvalue weighted by atomic mass is 10.2. The maximum absolute atomic E-state index is 12.1. The van der Waals surface area contributed by atoms with E-state index in [9.17, 15) is 4.21 Å². The second-order valence-electron chi connectivity index (χ2n) is 3.57. The first kappa shape index (κ1) is 13.5. The quantitative estimate of drug-likeness (QED) is 0.618. The average Bonchev–Trinajstić information content (AvgIpc) is 2.33. The predicted molar refractivity (Wildman–Crippen MR) is 88.4 cm³/mol. The van der Waals surface area contributed by atoms with Crippen LogP contribution in [0.4, 0.5) is 0 Å². The zero-order chi connectivity index (χ0) is 12.3. The SMILES string of the molecule is O=S(Cc1ccc(I)cc1)c1ccc(I)cc1. The minimum atomic E-state index is -0.955. The van der Waals surface area contributed by atoms with Crippen molar-refractivity contribution in [2.75, 3.05) is 0 Å². The van der Waals surface area contributed by atoms with E-state index in [2.05, 4.69) is 45.2 Å². The van der Waals surface area contributed by atoms with Gasteiger partial charge in [0.2, 0.25) is 0 Å². The van der Waals surface area contributed by atoms with Crippen LogP contribution in [0.25, 0.3) is 0 Å². The molecule has 0 aromatic heterocycles. The molecule has 17 heavy (non-hydrogen) atoms. The van der Waals surface area contributed by atoms with E-state index in [-0.39, 0.29) is 0 Å². The van der Waals surface area contributed by atoms with Gasteiger partial charge < -0.3 is 0 Å². The second-order valence-corrected chi connectivity index (χ2v) is 7.51. The van der Waals surface area contributed by atoms with Gasteiger partial charge in [-0.15, -0.1) is 0 Å². The van der Waals surface area contributed by atoms with Gasteiger partial charge in [0.1, 0.15) is 0 Å². The molecular weight excluding hydrogens is 458 g/mol.